The Bertz CT molecular complexity index is 1120. The van der Waals surface area contributed by atoms with Crippen LogP contribution in [0.5, 0.6) is 5.75 Å². The molecule has 3 aromatic carbocycles. The van der Waals surface area contributed by atoms with Gasteiger partial charge in [-0.1, -0.05) is 48.0 Å². The van der Waals surface area contributed by atoms with E-state index >= 15 is 0 Å². The number of benzene rings is 3. The van der Waals surface area contributed by atoms with E-state index in [0.717, 1.165) is 43.7 Å². The highest BCUT2D eigenvalue weighted by Crippen LogP contribution is 2.47. The van der Waals surface area contributed by atoms with Crippen molar-refractivity contribution >= 4 is 11.6 Å². The van der Waals surface area contributed by atoms with Crippen LogP contribution in [-0.2, 0) is 16.8 Å². The van der Waals surface area contributed by atoms with Gasteiger partial charge in [0, 0.05) is 24.2 Å². The van der Waals surface area contributed by atoms with Crippen LogP contribution >= 0.6 is 0 Å². The number of carbonyl (C=O) groups excluding carboxylic acids is 1. The molecule has 1 saturated heterocycles. The first-order valence-electron chi connectivity index (χ1n) is 11.6. The molecule has 0 saturated carbocycles. The summed E-state index contributed by atoms with van der Waals surface area (Å²) in [7, 11) is 0. The van der Waals surface area contributed by atoms with Gasteiger partial charge in [-0.2, -0.15) is 0 Å². The van der Waals surface area contributed by atoms with Crippen LogP contribution in [0.3, 0.4) is 0 Å². The van der Waals surface area contributed by atoms with Crippen molar-refractivity contribution in [3.8, 4) is 5.75 Å². The molecule has 2 aliphatic heterocycles. The molecule has 0 radical (unpaired) electrons. The SMILES string of the molecule is Cc1ccc2c(c1)C1(CCN(Cc3ccc(F)cc3)CC1)CN2C(=O)COc1ccccc1. The molecule has 0 atom stereocenters. The third-order valence-corrected chi connectivity index (χ3v) is 7.01. The van der Waals surface area contributed by atoms with Crippen molar-refractivity contribution in [2.45, 2.75) is 31.7 Å². The summed E-state index contributed by atoms with van der Waals surface area (Å²) in [6.45, 7) is 5.57. The Labute approximate surface area is 194 Å². The van der Waals surface area contributed by atoms with Gasteiger partial charge in [0.05, 0.1) is 0 Å². The Kier molecular flexibility index (Phi) is 5.90. The van der Waals surface area contributed by atoms with E-state index in [0.29, 0.717) is 12.3 Å². The van der Waals surface area contributed by atoms with E-state index < -0.39 is 0 Å². The Morgan fingerprint density at radius 1 is 1.00 bits per heavy atom. The van der Waals surface area contributed by atoms with Gasteiger partial charge in [-0.05, 0) is 74.3 Å². The van der Waals surface area contributed by atoms with Gasteiger partial charge in [-0.25, -0.2) is 4.39 Å². The van der Waals surface area contributed by atoms with E-state index in [1.54, 1.807) is 0 Å². The molecule has 3 aromatic rings. The molecular formula is C28H29FN2O2. The summed E-state index contributed by atoms with van der Waals surface area (Å²) in [5, 5.41) is 0. The number of halogens is 1. The van der Waals surface area contributed by atoms with Crippen LogP contribution in [0.2, 0.25) is 0 Å². The normalized spacial score (nSPS) is 17.2. The third kappa shape index (κ3) is 4.51. The summed E-state index contributed by atoms with van der Waals surface area (Å²) in [5.74, 6) is 0.503. The number of nitrogens with zero attached hydrogens (tertiary/aromatic N) is 2. The van der Waals surface area contributed by atoms with Crippen LogP contribution in [0.1, 0.15) is 29.5 Å². The minimum Gasteiger partial charge on any atom is -0.484 e. The molecule has 1 fully saturated rings. The van der Waals surface area contributed by atoms with Crippen molar-refractivity contribution in [2.75, 3.05) is 31.1 Å². The number of fused-ring (bicyclic) bond motifs is 2. The Hall–Kier alpha value is -3.18. The number of ether oxygens (including phenoxy) is 1. The molecule has 0 N–H and O–H groups in total. The first-order chi connectivity index (χ1) is 16.0. The molecule has 2 aliphatic rings. The van der Waals surface area contributed by atoms with Gasteiger partial charge in [-0.15, -0.1) is 0 Å². The summed E-state index contributed by atoms with van der Waals surface area (Å²) in [5.41, 5.74) is 4.64. The highest BCUT2D eigenvalue weighted by atomic mass is 19.1. The number of likely N-dealkylation sites (tertiary alicyclic amines) is 1. The fraction of sp³-hybridized carbons (Fsp3) is 0.321. The number of hydrogen-bond donors (Lipinski definition) is 0. The first kappa shape index (κ1) is 21.7. The van der Waals surface area contributed by atoms with Crippen molar-refractivity contribution in [3.63, 3.8) is 0 Å². The minimum atomic E-state index is -0.199. The second-order valence-corrected chi connectivity index (χ2v) is 9.29. The lowest BCUT2D eigenvalue weighted by Crippen LogP contribution is -2.46. The summed E-state index contributed by atoms with van der Waals surface area (Å²) in [6, 6.07) is 22.7. The van der Waals surface area contributed by atoms with E-state index in [1.165, 1.54) is 23.3 Å². The highest BCUT2D eigenvalue weighted by Gasteiger charge is 2.46. The van der Waals surface area contributed by atoms with Gasteiger partial charge in [0.2, 0.25) is 0 Å². The molecule has 5 heteroatoms. The van der Waals surface area contributed by atoms with E-state index in [1.807, 2.05) is 47.4 Å². The molecular weight excluding hydrogens is 415 g/mol. The summed E-state index contributed by atoms with van der Waals surface area (Å²) >= 11 is 0. The molecule has 0 aliphatic carbocycles. The number of amides is 1. The van der Waals surface area contributed by atoms with Crippen LogP contribution in [0, 0.1) is 12.7 Å². The predicted molar refractivity (Wildman–Crippen MR) is 128 cm³/mol. The van der Waals surface area contributed by atoms with E-state index in [2.05, 4.69) is 30.0 Å². The van der Waals surface area contributed by atoms with E-state index in [4.69, 9.17) is 4.74 Å². The Balaban J connectivity index is 1.30. The van der Waals surface area contributed by atoms with Crippen LogP contribution in [0.4, 0.5) is 10.1 Å². The van der Waals surface area contributed by atoms with Gasteiger partial charge < -0.3 is 9.64 Å². The number of piperidine rings is 1. The van der Waals surface area contributed by atoms with Crippen molar-refractivity contribution < 1.29 is 13.9 Å². The smallest absolute Gasteiger partial charge is 0.264 e. The molecule has 4 nitrogen and oxygen atoms in total. The van der Waals surface area contributed by atoms with Crippen molar-refractivity contribution in [1.29, 1.82) is 0 Å². The molecule has 2 heterocycles. The number of hydrogen-bond acceptors (Lipinski definition) is 3. The maximum atomic E-state index is 13.2. The van der Waals surface area contributed by atoms with Crippen molar-refractivity contribution in [2.24, 2.45) is 0 Å². The van der Waals surface area contributed by atoms with Crippen molar-refractivity contribution in [1.82, 2.24) is 4.90 Å². The van der Waals surface area contributed by atoms with Crippen LogP contribution in [-0.4, -0.2) is 37.0 Å². The fourth-order valence-electron chi connectivity index (χ4n) is 5.16. The summed E-state index contributed by atoms with van der Waals surface area (Å²) < 4.78 is 19.0. The largest absolute Gasteiger partial charge is 0.484 e. The van der Waals surface area contributed by atoms with Gasteiger partial charge in [0.15, 0.2) is 6.61 Å². The topological polar surface area (TPSA) is 32.8 Å². The third-order valence-electron chi connectivity index (χ3n) is 7.01. The summed E-state index contributed by atoms with van der Waals surface area (Å²) in [4.78, 5) is 17.5. The summed E-state index contributed by atoms with van der Waals surface area (Å²) in [6.07, 6.45) is 1.99. The van der Waals surface area contributed by atoms with Crippen molar-refractivity contribution in [3.05, 3.63) is 95.3 Å². The lowest BCUT2D eigenvalue weighted by Gasteiger charge is -2.40. The minimum absolute atomic E-state index is 0.00503. The molecule has 170 valence electrons. The van der Waals surface area contributed by atoms with Gasteiger partial charge in [0.25, 0.3) is 5.91 Å². The number of rotatable bonds is 5. The Morgan fingerprint density at radius 2 is 1.73 bits per heavy atom. The zero-order valence-corrected chi connectivity index (χ0v) is 19.0. The number of para-hydroxylation sites is 1. The molecule has 0 unspecified atom stereocenters. The van der Waals surface area contributed by atoms with Gasteiger partial charge in [0.1, 0.15) is 11.6 Å². The average molecular weight is 445 g/mol. The second kappa shape index (κ2) is 8.99. The Morgan fingerprint density at radius 3 is 2.45 bits per heavy atom. The first-order valence-corrected chi connectivity index (χ1v) is 11.6. The highest BCUT2D eigenvalue weighted by molar-refractivity contribution is 5.97. The predicted octanol–water partition coefficient (Wildman–Crippen LogP) is 5.09. The monoisotopic (exact) mass is 444 g/mol. The maximum Gasteiger partial charge on any atom is 0.264 e. The van der Waals surface area contributed by atoms with E-state index in [9.17, 15) is 9.18 Å². The fourth-order valence-corrected chi connectivity index (χ4v) is 5.16. The lowest BCUT2D eigenvalue weighted by atomic mass is 9.74. The zero-order valence-electron chi connectivity index (χ0n) is 19.0. The van der Waals surface area contributed by atoms with E-state index in [-0.39, 0.29) is 23.7 Å². The number of aryl methyl sites for hydroxylation is 1. The average Bonchev–Trinajstić information content (AvgIpc) is 3.14. The quantitative estimate of drug-likeness (QED) is 0.549. The molecule has 33 heavy (non-hydrogen) atoms. The maximum absolute atomic E-state index is 13.2. The number of carbonyl (C=O) groups is 1. The molecule has 0 aromatic heterocycles. The number of anilines is 1. The van der Waals surface area contributed by atoms with Gasteiger partial charge in [-0.3, -0.25) is 9.69 Å². The second-order valence-electron chi connectivity index (χ2n) is 9.29. The molecule has 1 spiro atoms. The zero-order chi connectivity index (χ0) is 22.8. The standard InChI is InChI=1S/C28H29FN2O2/c1-21-7-12-26-25(17-21)28(20-31(26)27(32)19-33-24-5-3-2-4-6-24)13-15-30(16-14-28)18-22-8-10-23(29)11-9-22/h2-12,17H,13-16,18-20H2,1H3. The lowest BCUT2D eigenvalue weighted by molar-refractivity contribution is -0.120. The van der Waals surface area contributed by atoms with Crippen LogP contribution in [0.15, 0.2) is 72.8 Å². The van der Waals surface area contributed by atoms with Gasteiger partial charge >= 0.3 is 0 Å². The molecule has 5 rings (SSSR count). The van der Waals surface area contributed by atoms with Crippen LogP contribution in [0.25, 0.3) is 0 Å². The molecule has 0 bridgehead atoms. The van der Waals surface area contributed by atoms with Crippen LogP contribution < -0.4 is 9.64 Å². The molecule has 1 amide bonds.